The van der Waals surface area contributed by atoms with Gasteiger partial charge in [0.15, 0.2) is 0 Å². The third-order valence-corrected chi connectivity index (χ3v) is 6.33. The molecule has 4 rings (SSSR count). The van der Waals surface area contributed by atoms with E-state index in [-0.39, 0.29) is 17.9 Å². The maximum atomic E-state index is 13.4. The molecule has 1 amide bonds. The van der Waals surface area contributed by atoms with Crippen LogP contribution >= 0.6 is 11.3 Å². The molecule has 0 aliphatic carbocycles. The highest BCUT2D eigenvalue weighted by atomic mass is 32.1. The molecule has 1 aliphatic heterocycles. The van der Waals surface area contributed by atoms with Crippen molar-refractivity contribution in [2.75, 3.05) is 32.8 Å². The Bertz CT molecular complexity index is 838. The largest absolute Gasteiger partial charge is 0.379 e. The molecule has 2 aromatic carbocycles. The first-order valence-electron chi connectivity index (χ1n) is 10.1. The normalized spacial score (nSPS) is 15.9. The maximum Gasteiger partial charge on any atom is 0.232 e. The first-order chi connectivity index (χ1) is 14.3. The molecule has 4 nitrogen and oxygen atoms in total. The van der Waals surface area contributed by atoms with Gasteiger partial charge in [0.25, 0.3) is 0 Å². The molecule has 1 N–H and O–H groups in total. The number of benzene rings is 2. The molecule has 3 aromatic rings. The van der Waals surface area contributed by atoms with Gasteiger partial charge in [-0.3, -0.25) is 9.69 Å². The molecule has 1 fully saturated rings. The molecule has 1 atom stereocenters. The zero-order valence-corrected chi connectivity index (χ0v) is 17.2. The highest BCUT2D eigenvalue weighted by Crippen LogP contribution is 2.27. The second-order valence-electron chi connectivity index (χ2n) is 7.18. The summed E-state index contributed by atoms with van der Waals surface area (Å²) in [5, 5.41) is 5.35. The summed E-state index contributed by atoms with van der Waals surface area (Å²) in [6.45, 7) is 3.85. The predicted octanol–water partition coefficient (Wildman–Crippen LogP) is 4.07. The molecule has 0 unspecified atom stereocenters. The Morgan fingerprint density at radius 1 is 0.931 bits per heavy atom. The van der Waals surface area contributed by atoms with Crippen LogP contribution in [0.4, 0.5) is 0 Å². The number of amides is 1. The van der Waals surface area contributed by atoms with Gasteiger partial charge in [0.1, 0.15) is 0 Å². The van der Waals surface area contributed by atoms with Crippen molar-refractivity contribution in [3.05, 3.63) is 94.2 Å². The van der Waals surface area contributed by atoms with Crippen LogP contribution in [0.1, 0.15) is 28.0 Å². The molecule has 1 aliphatic rings. The predicted molar refractivity (Wildman–Crippen MR) is 117 cm³/mol. The third kappa shape index (κ3) is 4.93. The molecule has 1 aromatic heterocycles. The lowest BCUT2D eigenvalue weighted by Gasteiger charge is -2.34. The number of hydrogen-bond donors (Lipinski definition) is 1. The van der Waals surface area contributed by atoms with Crippen LogP contribution in [0.25, 0.3) is 0 Å². The van der Waals surface area contributed by atoms with E-state index in [2.05, 4.69) is 27.7 Å². The fraction of sp³-hybridized carbons (Fsp3) is 0.292. The Kier molecular flexibility index (Phi) is 6.72. The number of nitrogens with zero attached hydrogens (tertiary/aromatic N) is 1. The van der Waals surface area contributed by atoms with Crippen molar-refractivity contribution in [2.45, 2.75) is 12.0 Å². The highest BCUT2D eigenvalue weighted by Gasteiger charge is 2.27. The summed E-state index contributed by atoms with van der Waals surface area (Å²) in [5.41, 5.74) is 2.02. The number of rotatable bonds is 7. The standard InChI is InChI=1S/C24H26N2O2S/c27-24(23(19-8-3-1-4-9-19)20-10-5-2-6-11-20)25-18-21(22-12-7-17-29-22)26-13-15-28-16-14-26/h1-12,17,21,23H,13-16,18H2,(H,25,27)/t21-/m1/s1. The van der Waals surface area contributed by atoms with E-state index in [0.717, 1.165) is 37.4 Å². The van der Waals surface area contributed by atoms with Gasteiger partial charge in [0.2, 0.25) is 5.91 Å². The van der Waals surface area contributed by atoms with Gasteiger partial charge in [0.05, 0.1) is 25.2 Å². The van der Waals surface area contributed by atoms with Crippen molar-refractivity contribution in [1.29, 1.82) is 0 Å². The van der Waals surface area contributed by atoms with Gasteiger partial charge in [-0.25, -0.2) is 0 Å². The summed E-state index contributed by atoms with van der Waals surface area (Å²) in [5.74, 6) is -0.275. The minimum Gasteiger partial charge on any atom is -0.379 e. The van der Waals surface area contributed by atoms with E-state index in [0.29, 0.717) is 6.54 Å². The Balaban J connectivity index is 1.53. The van der Waals surface area contributed by atoms with E-state index in [1.165, 1.54) is 4.88 Å². The number of carbonyl (C=O) groups is 1. The molecule has 0 bridgehead atoms. The number of carbonyl (C=O) groups excluding carboxylic acids is 1. The van der Waals surface area contributed by atoms with E-state index >= 15 is 0 Å². The Labute approximate surface area is 176 Å². The van der Waals surface area contributed by atoms with Crippen LogP contribution < -0.4 is 5.32 Å². The Hall–Kier alpha value is -2.47. The lowest BCUT2D eigenvalue weighted by atomic mass is 9.90. The minimum absolute atomic E-state index is 0.0391. The Morgan fingerprint density at radius 2 is 1.55 bits per heavy atom. The van der Waals surface area contributed by atoms with Crippen LogP contribution in [-0.2, 0) is 9.53 Å². The van der Waals surface area contributed by atoms with E-state index in [1.54, 1.807) is 11.3 Å². The van der Waals surface area contributed by atoms with E-state index < -0.39 is 0 Å². The van der Waals surface area contributed by atoms with Gasteiger partial charge in [-0.1, -0.05) is 66.7 Å². The smallest absolute Gasteiger partial charge is 0.232 e. The van der Waals surface area contributed by atoms with Gasteiger partial charge >= 0.3 is 0 Å². The monoisotopic (exact) mass is 406 g/mol. The molecule has 150 valence electrons. The average Bonchev–Trinajstić information content (AvgIpc) is 3.31. The van der Waals surface area contributed by atoms with Gasteiger partial charge in [-0.15, -0.1) is 11.3 Å². The zero-order chi connectivity index (χ0) is 19.9. The van der Waals surface area contributed by atoms with Crippen molar-refractivity contribution in [3.63, 3.8) is 0 Å². The second-order valence-corrected chi connectivity index (χ2v) is 8.16. The van der Waals surface area contributed by atoms with Crippen molar-refractivity contribution >= 4 is 17.2 Å². The summed E-state index contributed by atoms with van der Waals surface area (Å²) in [6.07, 6.45) is 0. The minimum atomic E-state index is -0.314. The fourth-order valence-corrected chi connectivity index (χ4v) is 4.73. The lowest BCUT2D eigenvalue weighted by molar-refractivity contribution is -0.122. The number of nitrogens with one attached hydrogen (secondary N) is 1. The van der Waals surface area contributed by atoms with Crippen LogP contribution in [0.5, 0.6) is 0 Å². The molecular formula is C24H26N2O2S. The van der Waals surface area contributed by atoms with Crippen LogP contribution in [0.2, 0.25) is 0 Å². The molecule has 0 radical (unpaired) electrons. The molecule has 0 saturated carbocycles. The van der Waals surface area contributed by atoms with Crippen LogP contribution in [0.15, 0.2) is 78.2 Å². The summed E-state index contributed by atoms with van der Waals surface area (Å²) in [6, 6.07) is 24.4. The molecule has 0 spiro atoms. The number of thiophene rings is 1. The van der Waals surface area contributed by atoms with Gasteiger partial charge in [0, 0.05) is 24.5 Å². The summed E-state index contributed by atoms with van der Waals surface area (Å²) in [4.78, 5) is 17.0. The highest BCUT2D eigenvalue weighted by molar-refractivity contribution is 7.10. The van der Waals surface area contributed by atoms with Gasteiger partial charge < -0.3 is 10.1 Å². The van der Waals surface area contributed by atoms with Crippen LogP contribution in [0, 0.1) is 0 Å². The Morgan fingerprint density at radius 3 is 2.10 bits per heavy atom. The van der Waals surface area contributed by atoms with E-state index in [9.17, 15) is 4.79 Å². The fourth-order valence-electron chi connectivity index (χ4n) is 3.87. The molecule has 1 saturated heterocycles. The van der Waals surface area contributed by atoms with Gasteiger partial charge in [-0.2, -0.15) is 0 Å². The number of hydrogen-bond acceptors (Lipinski definition) is 4. The second kappa shape index (κ2) is 9.83. The average molecular weight is 407 g/mol. The first kappa shape index (κ1) is 19.8. The number of ether oxygens (including phenoxy) is 1. The summed E-state index contributed by atoms with van der Waals surface area (Å²) >= 11 is 1.74. The SMILES string of the molecule is O=C(NC[C@H](c1cccs1)N1CCOCC1)C(c1ccccc1)c1ccccc1. The van der Waals surface area contributed by atoms with E-state index in [1.807, 2.05) is 60.7 Å². The first-order valence-corrected chi connectivity index (χ1v) is 10.9. The van der Waals surface area contributed by atoms with Gasteiger partial charge in [-0.05, 0) is 22.6 Å². The van der Waals surface area contributed by atoms with Crippen molar-refractivity contribution in [3.8, 4) is 0 Å². The maximum absolute atomic E-state index is 13.4. The summed E-state index contributed by atoms with van der Waals surface area (Å²) < 4.78 is 5.52. The van der Waals surface area contributed by atoms with Crippen molar-refractivity contribution in [1.82, 2.24) is 10.2 Å². The molecule has 2 heterocycles. The van der Waals surface area contributed by atoms with Crippen molar-refractivity contribution < 1.29 is 9.53 Å². The topological polar surface area (TPSA) is 41.6 Å². The van der Waals surface area contributed by atoms with E-state index in [4.69, 9.17) is 4.74 Å². The third-order valence-electron chi connectivity index (χ3n) is 5.36. The van der Waals surface area contributed by atoms with Crippen LogP contribution in [0.3, 0.4) is 0 Å². The summed E-state index contributed by atoms with van der Waals surface area (Å²) in [7, 11) is 0. The molecular weight excluding hydrogens is 380 g/mol. The van der Waals surface area contributed by atoms with Crippen LogP contribution in [-0.4, -0.2) is 43.7 Å². The number of morpholine rings is 1. The van der Waals surface area contributed by atoms with Crippen molar-refractivity contribution in [2.24, 2.45) is 0 Å². The quantitative estimate of drug-likeness (QED) is 0.643. The lowest BCUT2D eigenvalue weighted by Crippen LogP contribution is -2.44. The molecule has 5 heteroatoms. The zero-order valence-electron chi connectivity index (χ0n) is 16.4. The molecule has 29 heavy (non-hydrogen) atoms.